The number of unbranched alkanes of at least 4 members (excludes halogenated alkanes) is 1. The molecule has 0 fully saturated rings. The van der Waals surface area contributed by atoms with E-state index in [1.54, 1.807) is 0 Å². The zero-order chi connectivity index (χ0) is 17.2. The van der Waals surface area contributed by atoms with Gasteiger partial charge in [-0.05, 0) is 50.7 Å². The third kappa shape index (κ3) is 7.94. The van der Waals surface area contributed by atoms with E-state index in [9.17, 15) is 4.79 Å². The molecule has 0 aliphatic rings. The molecule has 0 radical (unpaired) electrons. The zero-order valence-corrected chi connectivity index (χ0v) is 16.3. The normalized spacial score (nSPS) is 13.1. The molecular weight excluding hydrogens is 292 g/mol. The van der Waals surface area contributed by atoms with Crippen LogP contribution in [0.1, 0.15) is 53.4 Å². The van der Waals surface area contributed by atoms with E-state index in [4.69, 9.17) is 9.16 Å². The van der Waals surface area contributed by atoms with Crippen molar-refractivity contribution >= 4 is 14.3 Å². The molecule has 0 saturated carbocycles. The molecule has 0 heterocycles. The predicted octanol–water partition coefficient (Wildman–Crippen LogP) is 5.24. The van der Waals surface area contributed by atoms with E-state index in [2.05, 4.69) is 40.4 Å². The first-order valence-electron chi connectivity index (χ1n) is 8.26. The summed E-state index contributed by atoms with van der Waals surface area (Å²) in [6, 6.07) is 0. The van der Waals surface area contributed by atoms with Crippen LogP contribution >= 0.6 is 0 Å². The van der Waals surface area contributed by atoms with Crippen molar-refractivity contribution in [1.29, 1.82) is 0 Å². The molecule has 0 saturated heterocycles. The van der Waals surface area contributed by atoms with Gasteiger partial charge in [-0.3, -0.25) is 0 Å². The number of ether oxygens (including phenoxy) is 1. The lowest BCUT2D eigenvalue weighted by Gasteiger charge is -2.36. The summed E-state index contributed by atoms with van der Waals surface area (Å²) in [5, 5.41) is 0.239. The minimum atomic E-state index is -1.66. The number of esters is 1. The quantitative estimate of drug-likeness (QED) is 0.181. The molecule has 128 valence electrons. The van der Waals surface area contributed by atoms with Crippen molar-refractivity contribution in [3.63, 3.8) is 0 Å². The summed E-state index contributed by atoms with van der Waals surface area (Å²) < 4.78 is 11.2. The predicted molar refractivity (Wildman–Crippen MR) is 96.5 cm³/mol. The molecule has 0 aromatic carbocycles. The van der Waals surface area contributed by atoms with Crippen LogP contribution in [0.5, 0.6) is 0 Å². The smallest absolute Gasteiger partial charge is 0.333 e. The molecule has 0 spiro atoms. The van der Waals surface area contributed by atoms with Gasteiger partial charge in [-0.2, -0.15) is 0 Å². The van der Waals surface area contributed by atoms with Gasteiger partial charge in [-0.25, -0.2) is 4.79 Å². The molecule has 3 nitrogen and oxygen atoms in total. The van der Waals surface area contributed by atoms with Gasteiger partial charge in [-0.15, -0.1) is 6.58 Å². The Balaban J connectivity index is 4.35. The highest BCUT2D eigenvalue weighted by atomic mass is 28.4. The summed E-state index contributed by atoms with van der Waals surface area (Å²) in [7, 11) is -1.66. The van der Waals surface area contributed by atoms with Gasteiger partial charge in [-0.1, -0.05) is 32.9 Å². The molecule has 0 amide bonds. The monoisotopic (exact) mass is 326 g/mol. The van der Waals surface area contributed by atoms with E-state index < -0.39 is 8.32 Å². The van der Waals surface area contributed by atoms with E-state index in [1.807, 2.05) is 19.1 Å². The first-order valence-corrected chi connectivity index (χ1v) is 11.2. The van der Waals surface area contributed by atoms with E-state index >= 15 is 0 Å². The molecule has 4 heteroatoms. The fourth-order valence-electron chi connectivity index (χ4n) is 1.67. The Morgan fingerprint density at radius 1 is 1.23 bits per heavy atom. The Morgan fingerprint density at radius 3 is 2.36 bits per heavy atom. The summed E-state index contributed by atoms with van der Waals surface area (Å²) in [5.41, 5.74) is 0.758. The minimum absolute atomic E-state index is 0.199. The summed E-state index contributed by atoms with van der Waals surface area (Å²) in [6.45, 7) is 18.0. The van der Waals surface area contributed by atoms with Gasteiger partial charge in [0, 0.05) is 12.2 Å². The summed E-state index contributed by atoms with van der Waals surface area (Å²) in [4.78, 5) is 11.9. The molecule has 0 aliphatic carbocycles. The Kier molecular flexibility index (Phi) is 9.61. The van der Waals surface area contributed by atoms with Crippen LogP contribution < -0.4 is 0 Å². The molecule has 0 unspecified atom stereocenters. The zero-order valence-electron chi connectivity index (χ0n) is 15.3. The van der Waals surface area contributed by atoms with Gasteiger partial charge in [0.15, 0.2) is 8.32 Å². The van der Waals surface area contributed by atoms with Crippen molar-refractivity contribution in [1.82, 2.24) is 0 Å². The fraction of sp³-hybridized carbons (Fsp3) is 0.722. The lowest BCUT2D eigenvalue weighted by molar-refractivity contribution is -0.138. The van der Waals surface area contributed by atoms with Crippen LogP contribution in [-0.4, -0.2) is 27.5 Å². The average molecular weight is 327 g/mol. The number of allylic oxidation sites excluding steroid dienone is 2. The van der Waals surface area contributed by atoms with Crippen LogP contribution in [0.4, 0.5) is 0 Å². The summed E-state index contributed by atoms with van der Waals surface area (Å²) in [5.74, 6) is -0.199. The molecule has 0 bridgehead atoms. The molecule has 0 N–H and O–H groups in total. The van der Waals surface area contributed by atoms with Crippen LogP contribution in [0.3, 0.4) is 0 Å². The Morgan fingerprint density at radius 2 is 1.86 bits per heavy atom. The van der Waals surface area contributed by atoms with Gasteiger partial charge in [0.25, 0.3) is 0 Å². The molecule has 0 aromatic rings. The minimum Gasteiger partial charge on any atom is -0.463 e. The number of hydrogen-bond donors (Lipinski definition) is 0. The van der Waals surface area contributed by atoms with Crippen LogP contribution in [0.15, 0.2) is 24.3 Å². The Bertz CT molecular complexity index is 378. The number of carbonyl (C=O) groups excluding carboxylic acids is 1. The Labute approximate surface area is 137 Å². The molecule has 0 aromatic heterocycles. The molecular formula is C18H34O3Si. The summed E-state index contributed by atoms with van der Waals surface area (Å²) in [6.07, 6.45) is 7.10. The topological polar surface area (TPSA) is 35.5 Å². The number of rotatable bonds is 10. The van der Waals surface area contributed by atoms with Crippen molar-refractivity contribution in [3.8, 4) is 0 Å². The van der Waals surface area contributed by atoms with Crippen LogP contribution in [0, 0.1) is 0 Å². The largest absolute Gasteiger partial charge is 0.463 e. The van der Waals surface area contributed by atoms with E-state index in [0.29, 0.717) is 13.0 Å². The molecule has 0 aliphatic heterocycles. The van der Waals surface area contributed by atoms with E-state index in [1.165, 1.54) is 0 Å². The highest BCUT2D eigenvalue weighted by Gasteiger charge is 2.36. The first kappa shape index (κ1) is 21.1. The maximum absolute atomic E-state index is 11.9. The highest BCUT2D eigenvalue weighted by Crippen LogP contribution is 2.36. The van der Waals surface area contributed by atoms with Crippen LogP contribution in [0.2, 0.25) is 18.1 Å². The van der Waals surface area contributed by atoms with Crippen molar-refractivity contribution in [2.45, 2.75) is 71.5 Å². The second-order valence-electron chi connectivity index (χ2n) is 7.03. The van der Waals surface area contributed by atoms with Crippen molar-refractivity contribution in [2.24, 2.45) is 0 Å². The van der Waals surface area contributed by atoms with Gasteiger partial charge >= 0.3 is 5.97 Å². The Hall–Kier alpha value is -0.873. The van der Waals surface area contributed by atoms with E-state index in [0.717, 1.165) is 31.4 Å². The molecule has 0 rings (SSSR count). The average Bonchev–Trinajstić information content (AvgIpc) is 2.40. The highest BCUT2D eigenvalue weighted by molar-refractivity contribution is 6.74. The maximum Gasteiger partial charge on any atom is 0.333 e. The third-order valence-corrected chi connectivity index (χ3v) is 8.70. The fourth-order valence-corrected chi connectivity index (χ4v) is 2.76. The number of carbonyl (C=O) groups is 1. The molecule has 22 heavy (non-hydrogen) atoms. The van der Waals surface area contributed by atoms with Crippen molar-refractivity contribution in [2.75, 3.05) is 13.2 Å². The third-order valence-electron chi connectivity index (χ3n) is 4.16. The van der Waals surface area contributed by atoms with Crippen molar-refractivity contribution in [3.05, 3.63) is 24.3 Å². The number of hydrogen-bond acceptors (Lipinski definition) is 3. The second kappa shape index (κ2) is 10.0. The lowest BCUT2D eigenvalue weighted by atomic mass is 10.1. The second-order valence-corrected chi connectivity index (χ2v) is 11.8. The first-order chi connectivity index (χ1) is 10.2. The van der Waals surface area contributed by atoms with Crippen LogP contribution in [0.25, 0.3) is 0 Å². The van der Waals surface area contributed by atoms with Gasteiger partial charge < -0.3 is 9.16 Å². The lowest BCUT2D eigenvalue weighted by Crippen LogP contribution is -2.40. The van der Waals surface area contributed by atoms with Crippen LogP contribution in [-0.2, 0) is 14.0 Å². The van der Waals surface area contributed by atoms with Crippen molar-refractivity contribution < 1.29 is 14.0 Å². The van der Waals surface area contributed by atoms with Gasteiger partial charge in [0.05, 0.1) is 6.61 Å². The van der Waals surface area contributed by atoms with Gasteiger partial charge in [0.2, 0.25) is 0 Å². The standard InChI is InChI=1S/C18H34O3Si/c1-8-10-13-16(17(19)20-9-2)14-11-12-15-21-22(6,7)18(3,4)5/h8,14H,1,9-13,15H2,2-7H3/b16-14+. The van der Waals surface area contributed by atoms with Gasteiger partial charge in [0.1, 0.15) is 0 Å². The molecule has 0 atom stereocenters. The summed E-state index contributed by atoms with van der Waals surface area (Å²) >= 11 is 0. The maximum atomic E-state index is 11.9. The van der Waals surface area contributed by atoms with E-state index in [-0.39, 0.29) is 11.0 Å². The SMILES string of the molecule is C=CCC/C(=C\CCCO[Si](C)(C)C(C)(C)C)C(=O)OCC.